The molecule has 0 aliphatic rings. The van der Waals surface area contributed by atoms with E-state index in [1.807, 2.05) is 6.92 Å². The summed E-state index contributed by atoms with van der Waals surface area (Å²) in [6.07, 6.45) is -0.311. The first kappa shape index (κ1) is 14.6. The average molecular weight is 257 g/mol. The molecule has 98 valence electrons. The SMILES string of the molecule is CCN(CC)CC(O)CNCc1csc(C)n1. The summed E-state index contributed by atoms with van der Waals surface area (Å²) in [7, 11) is 0. The quantitative estimate of drug-likeness (QED) is 0.736. The molecule has 0 fully saturated rings. The Labute approximate surface area is 108 Å². The molecule has 0 radical (unpaired) electrons. The van der Waals surface area contributed by atoms with Crippen LogP contribution >= 0.6 is 11.3 Å². The smallest absolute Gasteiger partial charge is 0.0897 e. The summed E-state index contributed by atoms with van der Waals surface area (Å²) in [5, 5.41) is 16.2. The Bertz CT molecular complexity index is 312. The Morgan fingerprint density at radius 2 is 2.18 bits per heavy atom. The van der Waals surface area contributed by atoms with Gasteiger partial charge in [0.1, 0.15) is 0 Å². The fourth-order valence-corrected chi connectivity index (χ4v) is 2.31. The molecule has 17 heavy (non-hydrogen) atoms. The normalized spacial score (nSPS) is 13.2. The number of likely N-dealkylation sites (N-methyl/N-ethyl adjacent to an activating group) is 1. The largest absolute Gasteiger partial charge is 0.390 e. The highest BCUT2D eigenvalue weighted by Gasteiger charge is 2.08. The molecule has 0 aliphatic carbocycles. The van der Waals surface area contributed by atoms with E-state index in [-0.39, 0.29) is 6.10 Å². The molecule has 0 aliphatic heterocycles. The molecular weight excluding hydrogens is 234 g/mol. The number of rotatable bonds is 8. The number of nitrogens with zero attached hydrogens (tertiary/aromatic N) is 2. The third kappa shape index (κ3) is 5.59. The Morgan fingerprint density at radius 1 is 1.47 bits per heavy atom. The molecule has 1 rings (SSSR count). The van der Waals surface area contributed by atoms with Gasteiger partial charge in [-0.15, -0.1) is 11.3 Å². The number of nitrogens with one attached hydrogen (secondary N) is 1. The zero-order valence-corrected chi connectivity index (χ0v) is 11.8. The van der Waals surface area contributed by atoms with Crippen LogP contribution in [0.4, 0.5) is 0 Å². The lowest BCUT2D eigenvalue weighted by molar-refractivity contribution is 0.116. The van der Waals surface area contributed by atoms with E-state index in [2.05, 4.69) is 34.4 Å². The maximum absolute atomic E-state index is 9.84. The van der Waals surface area contributed by atoms with Crippen LogP contribution in [0.15, 0.2) is 5.38 Å². The van der Waals surface area contributed by atoms with Crippen molar-refractivity contribution >= 4 is 11.3 Å². The summed E-state index contributed by atoms with van der Waals surface area (Å²) in [4.78, 5) is 6.59. The van der Waals surface area contributed by atoms with E-state index < -0.39 is 0 Å². The van der Waals surface area contributed by atoms with Crippen LogP contribution in [0.1, 0.15) is 24.5 Å². The summed E-state index contributed by atoms with van der Waals surface area (Å²) in [5.41, 5.74) is 1.06. The van der Waals surface area contributed by atoms with Gasteiger partial charge >= 0.3 is 0 Å². The number of aryl methyl sites for hydroxylation is 1. The standard InChI is InChI=1S/C12H23N3OS/c1-4-15(5-2)8-12(16)7-13-6-11-9-17-10(3)14-11/h9,12-13,16H,4-8H2,1-3H3. The summed E-state index contributed by atoms with van der Waals surface area (Å²) in [6, 6.07) is 0. The minimum atomic E-state index is -0.311. The van der Waals surface area contributed by atoms with Crippen molar-refractivity contribution in [2.24, 2.45) is 0 Å². The number of hydrogen-bond acceptors (Lipinski definition) is 5. The highest BCUT2D eigenvalue weighted by atomic mass is 32.1. The van der Waals surface area contributed by atoms with Crippen molar-refractivity contribution in [2.75, 3.05) is 26.2 Å². The molecule has 1 atom stereocenters. The van der Waals surface area contributed by atoms with Crippen molar-refractivity contribution in [3.8, 4) is 0 Å². The monoisotopic (exact) mass is 257 g/mol. The highest BCUT2D eigenvalue weighted by Crippen LogP contribution is 2.07. The molecule has 1 aromatic rings. The van der Waals surface area contributed by atoms with Gasteiger partial charge in [-0.05, 0) is 20.0 Å². The fraction of sp³-hybridized carbons (Fsp3) is 0.750. The number of aromatic nitrogens is 1. The molecule has 1 heterocycles. The van der Waals surface area contributed by atoms with Crippen molar-refractivity contribution in [1.82, 2.24) is 15.2 Å². The second-order valence-corrected chi connectivity index (χ2v) is 5.19. The van der Waals surface area contributed by atoms with E-state index in [0.717, 1.165) is 36.9 Å². The molecule has 5 heteroatoms. The number of aliphatic hydroxyl groups is 1. The molecule has 0 bridgehead atoms. The maximum atomic E-state index is 9.84. The number of hydrogen-bond donors (Lipinski definition) is 2. The van der Waals surface area contributed by atoms with Crippen molar-refractivity contribution in [3.63, 3.8) is 0 Å². The van der Waals surface area contributed by atoms with E-state index >= 15 is 0 Å². The molecule has 0 aromatic carbocycles. The third-order valence-electron chi connectivity index (χ3n) is 2.72. The van der Waals surface area contributed by atoms with Gasteiger partial charge in [-0.1, -0.05) is 13.8 Å². The number of thiazole rings is 1. The van der Waals surface area contributed by atoms with E-state index in [1.165, 1.54) is 0 Å². The van der Waals surface area contributed by atoms with Gasteiger partial charge in [0.15, 0.2) is 0 Å². The van der Waals surface area contributed by atoms with Crippen LogP contribution in [-0.2, 0) is 6.54 Å². The molecule has 0 amide bonds. The van der Waals surface area contributed by atoms with Crippen LogP contribution in [0.5, 0.6) is 0 Å². The van der Waals surface area contributed by atoms with Crippen LogP contribution in [0.2, 0.25) is 0 Å². The van der Waals surface area contributed by atoms with Crippen molar-refractivity contribution in [2.45, 2.75) is 33.4 Å². The lowest BCUT2D eigenvalue weighted by Crippen LogP contribution is -2.38. The predicted molar refractivity (Wildman–Crippen MR) is 72.4 cm³/mol. The Kier molecular flexibility index (Phi) is 6.65. The molecule has 0 saturated carbocycles. The lowest BCUT2D eigenvalue weighted by atomic mass is 10.3. The van der Waals surface area contributed by atoms with Gasteiger partial charge < -0.3 is 15.3 Å². The Balaban J connectivity index is 2.17. The molecule has 4 nitrogen and oxygen atoms in total. The van der Waals surface area contributed by atoms with Gasteiger partial charge in [0.25, 0.3) is 0 Å². The fourth-order valence-electron chi connectivity index (χ4n) is 1.70. The average Bonchev–Trinajstić information content (AvgIpc) is 2.72. The minimum Gasteiger partial charge on any atom is -0.390 e. The number of aliphatic hydroxyl groups excluding tert-OH is 1. The van der Waals surface area contributed by atoms with Crippen molar-refractivity contribution in [3.05, 3.63) is 16.1 Å². The summed E-state index contributed by atoms with van der Waals surface area (Å²) >= 11 is 1.66. The molecule has 0 spiro atoms. The van der Waals surface area contributed by atoms with E-state index in [0.29, 0.717) is 6.54 Å². The zero-order valence-electron chi connectivity index (χ0n) is 10.9. The van der Waals surface area contributed by atoms with Gasteiger partial charge in [0.05, 0.1) is 16.8 Å². The molecular formula is C12H23N3OS. The van der Waals surface area contributed by atoms with Gasteiger partial charge in [-0.2, -0.15) is 0 Å². The van der Waals surface area contributed by atoms with Crippen LogP contribution < -0.4 is 5.32 Å². The van der Waals surface area contributed by atoms with Crippen molar-refractivity contribution < 1.29 is 5.11 Å². The maximum Gasteiger partial charge on any atom is 0.0897 e. The van der Waals surface area contributed by atoms with Gasteiger partial charge in [-0.25, -0.2) is 4.98 Å². The second-order valence-electron chi connectivity index (χ2n) is 4.13. The Morgan fingerprint density at radius 3 is 2.71 bits per heavy atom. The van der Waals surface area contributed by atoms with E-state index in [4.69, 9.17) is 0 Å². The topological polar surface area (TPSA) is 48.4 Å². The minimum absolute atomic E-state index is 0.311. The van der Waals surface area contributed by atoms with Crippen molar-refractivity contribution in [1.29, 1.82) is 0 Å². The predicted octanol–water partition coefficient (Wildman–Crippen LogP) is 1.24. The van der Waals surface area contributed by atoms with Gasteiger partial charge in [-0.3, -0.25) is 0 Å². The zero-order chi connectivity index (χ0) is 12.7. The van der Waals surface area contributed by atoms with Gasteiger partial charge in [0, 0.05) is 25.0 Å². The van der Waals surface area contributed by atoms with Crippen LogP contribution in [0.25, 0.3) is 0 Å². The highest BCUT2D eigenvalue weighted by molar-refractivity contribution is 7.09. The summed E-state index contributed by atoms with van der Waals surface area (Å²) in [5.74, 6) is 0. The molecule has 2 N–H and O–H groups in total. The first-order chi connectivity index (χ1) is 8.15. The summed E-state index contributed by atoms with van der Waals surface area (Å²) < 4.78 is 0. The second kappa shape index (κ2) is 7.76. The first-order valence-corrected chi connectivity index (χ1v) is 7.05. The van der Waals surface area contributed by atoms with Crippen LogP contribution in [0, 0.1) is 6.92 Å². The van der Waals surface area contributed by atoms with Gasteiger partial charge in [0.2, 0.25) is 0 Å². The molecule has 0 saturated heterocycles. The van der Waals surface area contributed by atoms with Crippen LogP contribution in [-0.4, -0.2) is 47.3 Å². The summed E-state index contributed by atoms with van der Waals surface area (Å²) in [6.45, 7) is 10.3. The van der Waals surface area contributed by atoms with E-state index in [1.54, 1.807) is 11.3 Å². The van der Waals surface area contributed by atoms with Crippen LogP contribution in [0.3, 0.4) is 0 Å². The Hall–Kier alpha value is -0.490. The molecule has 1 unspecified atom stereocenters. The first-order valence-electron chi connectivity index (χ1n) is 6.17. The molecule has 1 aromatic heterocycles. The lowest BCUT2D eigenvalue weighted by Gasteiger charge is -2.21. The van der Waals surface area contributed by atoms with E-state index in [9.17, 15) is 5.11 Å². The third-order valence-corrected chi connectivity index (χ3v) is 3.54.